The van der Waals surface area contributed by atoms with Gasteiger partial charge in [-0.3, -0.25) is 0 Å². The van der Waals surface area contributed by atoms with Crippen molar-refractivity contribution in [3.8, 4) is 23.3 Å². The van der Waals surface area contributed by atoms with Crippen LogP contribution in [0.15, 0.2) is 52.8 Å². The predicted octanol–water partition coefficient (Wildman–Crippen LogP) is 4.58. The van der Waals surface area contributed by atoms with Gasteiger partial charge in [-0.1, -0.05) is 12.1 Å². The summed E-state index contributed by atoms with van der Waals surface area (Å²) in [7, 11) is 1.49. The number of aromatic nitrogens is 1. The molecule has 1 aromatic heterocycles. The number of benzene rings is 2. The smallest absolute Gasteiger partial charge is 0.172 e. The van der Waals surface area contributed by atoms with Crippen LogP contribution >= 0.6 is 15.9 Å². The van der Waals surface area contributed by atoms with Crippen LogP contribution in [0.2, 0.25) is 0 Å². The van der Waals surface area contributed by atoms with Crippen LogP contribution in [0.3, 0.4) is 0 Å². The van der Waals surface area contributed by atoms with Crippen molar-refractivity contribution >= 4 is 26.8 Å². The molecule has 124 valence electrons. The fourth-order valence-corrected chi connectivity index (χ4v) is 3.65. The zero-order valence-corrected chi connectivity index (χ0v) is 14.8. The highest BCUT2D eigenvalue weighted by molar-refractivity contribution is 9.10. The average Bonchev–Trinajstić information content (AvgIpc) is 3.11. The third-order valence-corrected chi connectivity index (χ3v) is 4.97. The number of H-pyrrole nitrogens is 1. The number of phenols is 1. The number of hydrogen-bond donors (Lipinski definition) is 2. The second kappa shape index (κ2) is 5.87. The highest BCUT2D eigenvalue weighted by Crippen LogP contribution is 2.46. The quantitative estimate of drug-likeness (QED) is 0.664. The Morgan fingerprint density at radius 1 is 1.32 bits per heavy atom. The molecule has 1 aliphatic rings. The van der Waals surface area contributed by atoms with Gasteiger partial charge in [0.15, 0.2) is 17.2 Å². The number of allylic oxidation sites excluding steroid dienone is 1. The van der Waals surface area contributed by atoms with E-state index in [1.54, 1.807) is 12.1 Å². The fourth-order valence-electron chi connectivity index (χ4n) is 3.19. The minimum atomic E-state index is -0.313. The molecule has 2 heterocycles. The summed E-state index contributed by atoms with van der Waals surface area (Å²) < 4.78 is 11.5. The van der Waals surface area contributed by atoms with E-state index in [2.05, 4.69) is 27.0 Å². The molecule has 0 spiro atoms. The van der Waals surface area contributed by atoms with Gasteiger partial charge in [0.25, 0.3) is 0 Å². The monoisotopic (exact) mass is 396 g/mol. The summed E-state index contributed by atoms with van der Waals surface area (Å²) in [5, 5.41) is 20.7. The molecule has 0 saturated carbocycles. The van der Waals surface area contributed by atoms with Crippen LogP contribution < -0.4 is 9.47 Å². The lowest BCUT2D eigenvalue weighted by atomic mass is 9.83. The van der Waals surface area contributed by atoms with Crippen molar-refractivity contribution in [1.82, 2.24) is 4.98 Å². The second-order valence-corrected chi connectivity index (χ2v) is 6.57. The number of phenolic OH excluding ortho intramolecular Hbond substituents is 1. The number of methoxy groups -OCH3 is 1. The Kier molecular flexibility index (Phi) is 3.66. The molecule has 0 radical (unpaired) electrons. The third kappa shape index (κ3) is 2.36. The first-order valence-electron chi connectivity index (χ1n) is 7.57. The molecule has 1 unspecified atom stereocenters. The largest absolute Gasteiger partial charge is 0.503 e. The lowest BCUT2D eigenvalue weighted by Gasteiger charge is -2.25. The molecule has 0 saturated heterocycles. The van der Waals surface area contributed by atoms with Gasteiger partial charge in [0, 0.05) is 17.1 Å². The molecule has 25 heavy (non-hydrogen) atoms. The van der Waals surface area contributed by atoms with Crippen molar-refractivity contribution in [2.45, 2.75) is 5.92 Å². The topological polar surface area (TPSA) is 78.3 Å². The van der Waals surface area contributed by atoms with E-state index in [0.29, 0.717) is 21.5 Å². The second-order valence-electron chi connectivity index (χ2n) is 5.72. The highest BCUT2D eigenvalue weighted by atomic mass is 79.9. The highest BCUT2D eigenvalue weighted by Gasteiger charge is 2.29. The SMILES string of the molecule is COc1cc(C2C(C#N)=COc3c2ccc2cc[nH]c32)cc(Br)c1O. The normalized spacial score (nSPS) is 15.9. The maximum atomic E-state index is 10.1. The molecular formula is C19H13BrN2O3. The molecule has 5 nitrogen and oxygen atoms in total. The van der Waals surface area contributed by atoms with E-state index in [1.165, 1.54) is 13.4 Å². The number of fused-ring (bicyclic) bond motifs is 3. The molecular weight excluding hydrogens is 384 g/mol. The van der Waals surface area contributed by atoms with Crippen LogP contribution in [0, 0.1) is 11.3 Å². The Morgan fingerprint density at radius 3 is 2.92 bits per heavy atom. The van der Waals surface area contributed by atoms with Crippen LogP contribution in [-0.2, 0) is 0 Å². The Labute approximate surface area is 152 Å². The molecule has 0 aliphatic carbocycles. The average molecular weight is 397 g/mol. The Hall–Kier alpha value is -2.91. The number of ether oxygens (including phenoxy) is 2. The molecule has 6 heteroatoms. The third-order valence-electron chi connectivity index (χ3n) is 4.37. The van der Waals surface area contributed by atoms with Gasteiger partial charge in [0.2, 0.25) is 0 Å². The van der Waals surface area contributed by atoms with Crippen LogP contribution in [0.4, 0.5) is 0 Å². The summed E-state index contributed by atoms with van der Waals surface area (Å²) in [6.45, 7) is 0. The summed E-state index contributed by atoms with van der Waals surface area (Å²) in [6, 6.07) is 11.7. The number of aromatic amines is 1. The maximum absolute atomic E-state index is 10.1. The Balaban J connectivity index is 1.97. The Bertz CT molecular complexity index is 1060. The number of nitrogens with zero attached hydrogens (tertiary/aromatic N) is 1. The van der Waals surface area contributed by atoms with Crippen molar-refractivity contribution in [3.05, 3.63) is 64.0 Å². The summed E-state index contributed by atoms with van der Waals surface area (Å²) in [6.07, 6.45) is 3.34. The van der Waals surface area contributed by atoms with E-state index in [0.717, 1.165) is 22.0 Å². The summed E-state index contributed by atoms with van der Waals surface area (Å²) in [5.41, 5.74) is 3.08. The van der Waals surface area contributed by atoms with E-state index in [4.69, 9.17) is 9.47 Å². The van der Waals surface area contributed by atoms with Gasteiger partial charge in [0.1, 0.15) is 6.26 Å². The van der Waals surface area contributed by atoms with Crippen LogP contribution in [0.25, 0.3) is 10.9 Å². The summed E-state index contributed by atoms with van der Waals surface area (Å²) in [5.74, 6) is 0.762. The first-order chi connectivity index (χ1) is 12.1. The molecule has 2 N–H and O–H groups in total. The molecule has 0 fully saturated rings. The minimum Gasteiger partial charge on any atom is -0.503 e. The van der Waals surface area contributed by atoms with Crippen molar-refractivity contribution in [2.75, 3.05) is 7.11 Å². The fraction of sp³-hybridized carbons (Fsp3) is 0.105. The van der Waals surface area contributed by atoms with Gasteiger partial charge in [-0.15, -0.1) is 0 Å². The zero-order chi connectivity index (χ0) is 17.6. The van der Waals surface area contributed by atoms with Crippen LogP contribution in [0.5, 0.6) is 17.2 Å². The lowest BCUT2D eigenvalue weighted by Crippen LogP contribution is -2.12. The van der Waals surface area contributed by atoms with Crippen molar-refractivity contribution in [3.63, 3.8) is 0 Å². The van der Waals surface area contributed by atoms with Crippen molar-refractivity contribution in [2.24, 2.45) is 0 Å². The van der Waals surface area contributed by atoms with Gasteiger partial charge in [-0.2, -0.15) is 5.26 Å². The number of aromatic hydroxyl groups is 1. The van der Waals surface area contributed by atoms with Crippen molar-refractivity contribution < 1.29 is 14.6 Å². The predicted molar refractivity (Wildman–Crippen MR) is 96.8 cm³/mol. The standard InChI is InChI=1S/C19H13BrN2O3/c1-24-15-7-11(6-14(20)18(15)23)16-12(8-21)9-25-19-13(16)3-2-10-4-5-22-17(10)19/h2-7,9,16,22-23H,1H3. The van der Waals surface area contributed by atoms with Gasteiger partial charge >= 0.3 is 0 Å². The molecule has 1 aliphatic heterocycles. The summed E-state index contributed by atoms with van der Waals surface area (Å²) in [4.78, 5) is 3.18. The zero-order valence-electron chi connectivity index (χ0n) is 13.2. The molecule has 2 aromatic carbocycles. The van der Waals surface area contributed by atoms with E-state index in [-0.39, 0.29) is 11.7 Å². The van der Waals surface area contributed by atoms with Gasteiger partial charge in [-0.05, 0) is 39.7 Å². The molecule has 0 amide bonds. The number of halogens is 1. The number of hydrogen-bond acceptors (Lipinski definition) is 4. The van der Waals surface area contributed by atoms with Gasteiger partial charge in [0.05, 0.1) is 34.7 Å². The first kappa shape index (κ1) is 15.6. The molecule has 3 aromatic rings. The van der Waals surface area contributed by atoms with Crippen molar-refractivity contribution in [1.29, 1.82) is 5.26 Å². The lowest BCUT2D eigenvalue weighted by molar-refractivity contribution is 0.371. The molecule has 4 rings (SSSR count). The van der Waals surface area contributed by atoms with Gasteiger partial charge < -0.3 is 19.6 Å². The van der Waals surface area contributed by atoms with E-state index >= 15 is 0 Å². The number of nitrogens with one attached hydrogen (secondary N) is 1. The van der Waals surface area contributed by atoms with Crippen LogP contribution in [-0.4, -0.2) is 17.2 Å². The van der Waals surface area contributed by atoms with E-state index in [1.807, 2.05) is 24.4 Å². The molecule has 0 bridgehead atoms. The van der Waals surface area contributed by atoms with E-state index in [9.17, 15) is 10.4 Å². The maximum Gasteiger partial charge on any atom is 0.172 e. The van der Waals surface area contributed by atoms with Gasteiger partial charge in [-0.25, -0.2) is 0 Å². The summed E-state index contributed by atoms with van der Waals surface area (Å²) >= 11 is 3.35. The molecule has 1 atom stereocenters. The van der Waals surface area contributed by atoms with E-state index < -0.39 is 0 Å². The first-order valence-corrected chi connectivity index (χ1v) is 8.36. The number of nitriles is 1. The minimum absolute atomic E-state index is 0.0286. The number of rotatable bonds is 2. The Morgan fingerprint density at radius 2 is 2.16 bits per heavy atom. The van der Waals surface area contributed by atoms with Crippen LogP contribution in [0.1, 0.15) is 17.0 Å².